The van der Waals surface area contributed by atoms with Gasteiger partial charge in [-0.15, -0.1) is 0 Å². The standard InChI is InChI=1S/C49H86N2O17/c1-18-34-49(13,59)42(57)26(5)38(54)24(3)22-47(11,68-36-21-33(51(16)17)39(55)29(8)61-36)43(66-46-40(56)32(50(14)15)20-25(4)60-46)27(6)41(28(7)45(58)63-34)65-37-23-48(12,67-31(10)52)44(30(9)62-37)64-35(53)19-2/h24-30,32-34,36-37,39-44,46,55-57,59H,18-23H2,1-17H3/p+2/t24-,25+,26+,27+,28-,29+,30+,32-,33-,34-,36+,37+,39+,40+,41+,42-,43-,44+,46-,47-,48-,49-/m1/s1. The Kier molecular flexibility index (Phi) is 20.0. The Morgan fingerprint density at radius 2 is 1.34 bits per heavy atom. The van der Waals surface area contributed by atoms with E-state index in [1.807, 2.05) is 35.1 Å². The molecule has 394 valence electrons. The zero-order chi connectivity index (χ0) is 51.5. The summed E-state index contributed by atoms with van der Waals surface area (Å²) in [7, 11) is 7.72. The van der Waals surface area contributed by atoms with Crippen LogP contribution in [0.3, 0.4) is 0 Å². The summed E-state index contributed by atoms with van der Waals surface area (Å²) in [5, 5.41) is 47.0. The average Bonchev–Trinajstić information content (AvgIpc) is 3.24. The molecule has 4 fully saturated rings. The van der Waals surface area contributed by atoms with Crippen LogP contribution in [0.4, 0.5) is 0 Å². The molecule has 6 N–H and O–H groups in total. The molecule has 0 amide bonds. The highest BCUT2D eigenvalue weighted by Gasteiger charge is 2.57. The Balaban J connectivity index is 1.99. The summed E-state index contributed by atoms with van der Waals surface area (Å²) in [6.07, 6.45) is -13.0. The minimum Gasteiger partial charge on any atom is -0.459 e. The molecular weight excluding hydrogens is 889 g/mol. The number of hydrogen-bond acceptors (Lipinski definition) is 17. The molecule has 4 aliphatic heterocycles. The van der Waals surface area contributed by atoms with Crippen LogP contribution in [0.5, 0.6) is 0 Å². The lowest BCUT2D eigenvalue weighted by Crippen LogP contribution is -3.12. The van der Waals surface area contributed by atoms with Crippen molar-refractivity contribution in [3.8, 4) is 0 Å². The molecule has 19 heteroatoms. The van der Waals surface area contributed by atoms with Crippen LogP contribution in [-0.4, -0.2) is 181 Å². The number of nitrogens with one attached hydrogen (secondary N) is 2. The summed E-state index contributed by atoms with van der Waals surface area (Å²) < 4.78 is 58.3. The van der Waals surface area contributed by atoms with Crippen LogP contribution in [0.15, 0.2) is 0 Å². The van der Waals surface area contributed by atoms with Crippen molar-refractivity contribution >= 4 is 23.7 Å². The van der Waals surface area contributed by atoms with Crippen molar-refractivity contribution in [3.63, 3.8) is 0 Å². The van der Waals surface area contributed by atoms with Gasteiger partial charge < -0.3 is 72.9 Å². The Labute approximate surface area is 404 Å². The van der Waals surface area contributed by atoms with Gasteiger partial charge in [-0.05, 0) is 61.3 Å². The second kappa shape index (κ2) is 23.4. The fourth-order valence-electron chi connectivity index (χ4n) is 11.3. The molecule has 0 aliphatic carbocycles. The number of ketones is 1. The molecule has 0 spiro atoms. The van der Waals surface area contributed by atoms with Crippen LogP contribution in [0.1, 0.15) is 129 Å². The van der Waals surface area contributed by atoms with Crippen molar-refractivity contribution < 1.29 is 92.0 Å². The van der Waals surface area contributed by atoms with Gasteiger partial charge in [-0.3, -0.25) is 19.2 Å². The Morgan fingerprint density at radius 3 is 1.90 bits per heavy atom. The van der Waals surface area contributed by atoms with Crippen molar-refractivity contribution in [2.75, 3.05) is 28.2 Å². The number of rotatable bonds is 12. The number of cyclic esters (lactones) is 1. The molecule has 0 aromatic rings. The van der Waals surface area contributed by atoms with Crippen LogP contribution >= 0.6 is 0 Å². The number of Topliss-reactive ketones (excluding diaryl/α,β-unsaturated/α-hetero) is 1. The van der Waals surface area contributed by atoms with E-state index in [2.05, 4.69) is 0 Å². The maximum absolute atomic E-state index is 14.7. The number of quaternary nitrogens is 2. The highest BCUT2D eigenvalue weighted by molar-refractivity contribution is 5.83. The van der Waals surface area contributed by atoms with Gasteiger partial charge in [-0.2, -0.15) is 0 Å². The number of likely N-dealkylation sites (N-methyl/N-ethyl adjacent to an activating group) is 2. The van der Waals surface area contributed by atoms with Crippen LogP contribution in [-0.2, 0) is 61.8 Å². The molecular formula is C49H88N2O17+2. The molecule has 0 unspecified atom stereocenters. The smallest absolute Gasteiger partial charge is 0.311 e. The Bertz CT molecular complexity index is 1700. The molecule has 4 aliphatic rings. The zero-order valence-corrected chi connectivity index (χ0v) is 43.8. The lowest BCUT2D eigenvalue weighted by Gasteiger charge is -2.51. The van der Waals surface area contributed by atoms with Crippen LogP contribution in [0, 0.1) is 23.7 Å². The second-order valence-electron chi connectivity index (χ2n) is 21.6. The molecule has 0 saturated carbocycles. The highest BCUT2D eigenvalue weighted by Crippen LogP contribution is 2.43. The van der Waals surface area contributed by atoms with Gasteiger partial charge in [0.25, 0.3) is 0 Å². The molecule has 68 heavy (non-hydrogen) atoms. The third kappa shape index (κ3) is 13.2. The van der Waals surface area contributed by atoms with Gasteiger partial charge in [0.1, 0.15) is 35.7 Å². The largest absolute Gasteiger partial charge is 0.459 e. The highest BCUT2D eigenvalue weighted by atomic mass is 16.7. The second-order valence-corrected chi connectivity index (χ2v) is 21.6. The first-order valence-corrected chi connectivity index (χ1v) is 24.9. The maximum atomic E-state index is 14.7. The fourth-order valence-corrected chi connectivity index (χ4v) is 11.3. The first-order valence-electron chi connectivity index (χ1n) is 24.9. The van der Waals surface area contributed by atoms with Crippen molar-refractivity contribution in [2.24, 2.45) is 23.7 Å². The van der Waals surface area contributed by atoms with E-state index >= 15 is 0 Å². The van der Waals surface area contributed by atoms with Crippen molar-refractivity contribution in [3.05, 3.63) is 0 Å². The quantitative estimate of drug-likeness (QED) is 0.114. The molecule has 0 radical (unpaired) electrons. The van der Waals surface area contributed by atoms with Crippen molar-refractivity contribution in [1.82, 2.24) is 0 Å². The summed E-state index contributed by atoms with van der Waals surface area (Å²) in [5.41, 5.74) is -5.11. The fraction of sp³-hybridized carbons (Fsp3) is 0.918. The van der Waals surface area contributed by atoms with Gasteiger partial charge in [0.05, 0.1) is 82.8 Å². The van der Waals surface area contributed by atoms with E-state index in [1.54, 1.807) is 62.3 Å². The monoisotopic (exact) mass is 977 g/mol. The van der Waals surface area contributed by atoms with Crippen LogP contribution in [0.2, 0.25) is 0 Å². The molecule has 4 heterocycles. The van der Waals surface area contributed by atoms with Gasteiger partial charge >= 0.3 is 17.9 Å². The van der Waals surface area contributed by atoms with E-state index < -0.39 is 138 Å². The summed E-state index contributed by atoms with van der Waals surface area (Å²) in [4.78, 5) is 56.6. The summed E-state index contributed by atoms with van der Waals surface area (Å²) >= 11 is 0. The molecule has 0 aromatic carbocycles. The zero-order valence-electron chi connectivity index (χ0n) is 43.8. The number of esters is 3. The van der Waals surface area contributed by atoms with E-state index in [1.165, 1.54) is 20.8 Å². The number of carbonyl (C=O) groups is 4. The maximum Gasteiger partial charge on any atom is 0.311 e. The van der Waals surface area contributed by atoms with Gasteiger partial charge in [-0.25, -0.2) is 0 Å². The molecule has 19 nitrogen and oxygen atoms in total. The SMILES string of the molecule is CCC(=O)O[C@H]1[C@H](C)O[C@@H](O[C@H]2[C@H](C)[C@@H](O[C@H]3O[C@@H](C)C[C@@H]([NH+](C)C)[C@@H]3O)[C@](C)(O[C@H]3C[C@@H]([NH+](C)C)[C@@H](O)[C@H](C)O3)C[C@@H](C)C(=O)[C@H](C)[C@@H](O)[C@](C)(O)[C@@H](CC)OC(=O)[C@@H]2C)C[C@@]1(C)OC(C)=O. The number of carbonyl (C=O) groups excluding carboxylic acids is 4. The summed E-state index contributed by atoms with van der Waals surface area (Å²) in [6.45, 7) is 21.2. The molecule has 0 bridgehead atoms. The van der Waals surface area contributed by atoms with Gasteiger partial charge in [0.15, 0.2) is 36.7 Å². The van der Waals surface area contributed by atoms with Crippen LogP contribution in [0.25, 0.3) is 0 Å². The molecule has 22 atom stereocenters. The van der Waals surface area contributed by atoms with Gasteiger partial charge in [-0.1, -0.05) is 34.6 Å². The third-order valence-electron chi connectivity index (χ3n) is 15.2. The first kappa shape index (κ1) is 58.2. The summed E-state index contributed by atoms with van der Waals surface area (Å²) in [5.74, 6) is -6.53. The number of aliphatic hydroxyl groups excluding tert-OH is 3. The van der Waals surface area contributed by atoms with E-state index in [0.29, 0.717) is 6.42 Å². The Hall–Kier alpha value is -2.40. The Morgan fingerprint density at radius 1 is 0.750 bits per heavy atom. The minimum atomic E-state index is -2.08. The lowest BCUT2D eigenvalue weighted by molar-refractivity contribution is -0.893. The average molecular weight is 977 g/mol. The van der Waals surface area contributed by atoms with E-state index in [4.69, 9.17) is 42.6 Å². The van der Waals surface area contributed by atoms with E-state index in [0.717, 1.165) is 9.80 Å². The number of hydrogen-bond donors (Lipinski definition) is 6. The number of ether oxygens (including phenoxy) is 9. The normalized spacial score (nSPS) is 45.9. The topological polar surface area (TPSA) is 241 Å². The molecule has 0 aromatic heterocycles. The van der Waals surface area contributed by atoms with Gasteiger partial charge in [0.2, 0.25) is 0 Å². The minimum absolute atomic E-state index is 0.0592. The van der Waals surface area contributed by atoms with Gasteiger partial charge in [0, 0.05) is 43.9 Å². The first-order chi connectivity index (χ1) is 31.4. The van der Waals surface area contributed by atoms with E-state index in [9.17, 15) is 39.6 Å². The lowest BCUT2D eigenvalue weighted by atomic mass is 9.73. The van der Waals surface area contributed by atoms with E-state index in [-0.39, 0.29) is 50.3 Å². The van der Waals surface area contributed by atoms with Crippen molar-refractivity contribution in [1.29, 1.82) is 0 Å². The molecule has 4 rings (SSSR count). The predicted octanol–water partition coefficient (Wildman–Crippen LogP) is 0.279. The third-order valence-corrected chi connectivity index (χ3v) is 15.2. The number of aliphatic hydroxyl groups is 4. The van der Waals surface area contributed by atoms with Crippen LogP contribution < -0.4 is 9.80 Å². The predicted molar refractivity (Wildman–Crippen MR) is 245 cm³/mol. The van der Waals surface area contributed by atoms with Crippen molar-refractivity contribution in [2.45, 2.75) is 237 Å². The summed E-state index contributed by atoms with van der Waals surface area (Å²) in [6, 6.07) is -0.631. The molecule has 4 saturated heterocycles.